The fourth-order valence-corrected chi connectivity index (χ4v) is 6.10. The number of aliphatic hydroxyl groups excluding tert-OH is 2. The largest absolute Gasteiger partial charge is 0.490 e. The second-order valence-electron chi connectivity index (χ2n) is 7.01. The summed E-state index contributed by atoms with van der Waals surface area (Å²) >= 11 is 0. The molecule has 2 unspecified atom stereocenters. The van der Waals surface area contributed by atoms with Crippen LogP contribution in [0.15, 0.2) is 46.1 Å². The van der Waals surface area contributed by atoms with Crippen LogP contribution in [0.3, 0.4) is 0 Å². The highest BCUT2D eigenvalue weighted by Gasteiger charge is 2.46. The molecule has 1 aromatic heterocycles. The Morgan fingerprint density at radius 3 is 2.17 bits per heavy atom. The average molecular weight is 560 g/mol. The summed E-state index contributed by atoms with van der Waals surface area (Å²) in [5.74, 6) is 0. The van der Waals surface area contributed by atoms with E-state index in [9.17, 15) is 38.4 Å². The van der Waals surface area contributed by atoms with Crippen molar-refractivity contribution in [1.29, 1.82) is 0 Å². The molecule has 2 heterocycles. The van der Waals surface area contributed by atoms with Gasteiger partial charge >= 0.3 is 29.2 Å². The number of benzene rings is 1. The number of ether oxygens (including phenoxy) is 1. The Hall–Kier alpha value is -1.81. The highest BCUT2D eigenvalue weighted by atomic mass is 31.3. The lowest BCUT2D eigenvalue weighted by molar-refractivity contribution is -0.0541. The first-order chi connectivity index (χ1) is 16.1. The van der Waals surface area contributed by atoms with Crippen molar-refractivity contribution in [2.45, 2.75) is 24.5 Å². The number of aromatic amines is 1. The second-order valence-corrected chi connectivity index (χ2v) is 11.4. The molecule has 1 aliphatic rings. The zero-order valence-electron chi connectivity index (χ0n) is 17.1. The fraction of sp³-hybridized carbons (Fsp3) is 0.333. The van der Waals surface area contributed by atoms with E-state index in [0.29, 0.717) is 5.56 Å². The molecule has 1 aromatic carbocycles. The summed E-state index contributed by atoms with van der Waals surface area (Å²) in [6.45, 7) is -1.07. The molecule has 2 aromatic rings. The van der Waals surface area contributed by atoms with Crippen molar-refractivity contribution < 1.29 is 61.4 Å². The van der Waals surface area contributed by atoms with Crippen LogP contribution in [-0.2, 0) is 31.6 Å². The minimum atomic E-state index is -5.76. The fourth-order valence-electron chi connectivity index (χ4n) is 3.07. The van der Waals surface area contributed by atoms with Crippen LogP contribution in [0.5, 0.6) is 0 Å². The molecule has 1 saturated heterocycles. The van der Waals surface area contributed by atoms with Gasteiger partial charge < -0.3 is 34.5 Å². The molecule has 35 heavy (non-hydrogen) atoms. The van der Waals surface area contributed by atoms with Crippen LogP contribution in [0.25, 0.3) is 11.1 Å². The van der Waals surface area contributed by atoms with Gasteiger partial charge in [0.05, 0.1) is 12.2 Å². The molecule has 3 rings (SSSR count). The summed E-state index contributed by atoms with van der Waals surface area (Å²) in [5, 5.41) is 20.6. The molecule has 0 bridgehead atoms. The second kappa shape index (κ2) is 10.3. The number of phosphoric acid groups is 3. The van der Waals surface area contributed by atoms with Crippen molar-refractivity contribution in [2.24, 2.45) is 0 Å². The van der Waals surface area contributed by atoms with Crippen LogP contribution in [-0.4, -0.2) is 64.3 Å². The van der Waals surface area contributed by atoms with E-state index in [4.69, 9.17) is 19.4 Å². The van der Waals surface area contributed by atoms with Crippen LogP contribution >= 0.6 is 23.5 Å². The molecule has 20 heteroatoms. The van der Waals surface area contributed by atoms with Crippen LogP contribution in [0.2, 0.25) is 0 Å². The number of aliphatic hydroxyl groups is 2. The average Bonchev–Trinajstić information content (AvgIpc) is 2.99. The summed E-state index contributed by atoms with van der Waals surface area (Å²) < 4.78 is 51.5. The maximum Gasteiger partial charge on any atom is 0.490 e. The number of H-pyrrole nitrogens is 1. The highest BCUT2D eigenvalue weighted by molar-refractivity contribution is 7.66. The van der Waals surface area contributed by atoms with Gasteiger partial charge in [-0.2, -0.15) is 8.62 Å². The smallest absolute Gasteiger partial charge is 0.387 e. The van der Waals surface area contributed by atoms with Crippen molar-refractivity contribution in [3.05, 3.63) is 57.4 Å². The summed E-state index contributed by atoms with van der Waals surface area (Å²) in [7, 11) is -16.9. The number of aromatic nitrogens is 2. The quantitative estimate of drug-likeness (QED) is 0.184. The Labute approximate surface area is 194 Å². The zero-order chi connectivity index (χ0) is 26.2. The molecular formula is C15H19N2O15P3. The molecule has 0 aliphatic carbocycles. The van der Waals surface area contributed by atoms with Crippen molar-refractivity contribution in [3.8, 4) is 11.1 Å². The third-order valence-electron chi connectivity index (χ3n) is 4.48. The van der Waals surface area contributed by atoms with Crippen LogP contribution in [0.1, 0.15) is 6.23 Å². The lowest BCUT2D eigenvalue weighted by atomic mass is 10.1. The monoisotopic (exact) mass is 560 g/mol. The minimum Gasteiger partial charge on any atom is -0.387 e. The number of nitrogens with one attached hydrogen (secondary N) is 1. The van der Waals surface area contributed by atoms with Gasteiger partial charge in [0.15, 0.2) is 6.23 Å². The summed E-state index contributed by atoms with van der Waals surface area (Å²) in [4.78, 5) is 62.3. The van der Waals surface area contributed by atoms with E-state index in [1.165, 1.54) is 0 Å². The van der Waals surface area contributed by atoms with Gasteiger partial charge in [-0.05, 0) is 5.56 Å². The van der Waals surface area contributed by atoms with E-state index in [2.05, 4.69) is 13.1 Å². The first-order valence-electron chi connectivity index (χ1n) is 9.29. The van der Waals surface area contributed by atoms with Gasteiger partial charge in [-0.15, -0.1) is 0 Å². The van der Waals surface area contributed by atoms with Crippen molar-refractivity contribution >= 4 is 23.5 Å². The number of nitrogens with zero attached hydrogens (tertiary/aromatic N) is 1. The molecule has 6 atom stereocenters. The van der Waals surface area contributed by atoms with Gasteiger partial charge in [-0.25, -0.2) is 18.5 Å². The SMILES string of the molecule is O=c1[nH]c(=O)n([C@@H]2O[C@H](COP(=O)(O)OP(=O)(O)OP(=O)(O)O)[C@@H](O)[C@H]2O)cc1-c1ccccc1. The normalized spacial score (nSPS) is 26.2. The topological polar surface area (TPSA) is 264 Å². The standard InChI is InChI=1S/C15H19N2O15P3/c18-11-10(7-29-34(25,26)32-35(27,28)31-33(22,23)24)30-14(12(11)19)17-6-9(13(20)16-15(17)21)8-4-2-1-3-5-8/h1-6,10-12,14,18-19H,7H2,(H,25,26)(H,27,28)(H,16,20,21)(H2,22,23,24)/t10-,11-,12-,14-/m1/s1. The van der Waals surface area contributed by atoms with Crippen LogP contribution in [0.4, 0.5) is 0 Å². The van der Waals surface area contributed by atoms with Crippen LogP contribution in [0, 0.1) is 0 Å². The first kappa shape index (κ1) is 27.8. The molecular weight excluding hydrogens is 541 g/mol. The summed E-state index contributed by atoms with van der Waals surface area (Å²) in [6, 6.07) is 8.11. The molecule has 0 radical (unpaired) electrons. The third kappa shape index (κ3) is 7.12. The van der Waals surface area contributed by atoms with Gasteiger partial charge in [-0.3, -0.25) is 18.9 Å². The number of phosphoric ester groups is 1. The van der Waals surface area contributed by atoms with Gasteiger partial charge in [0.1, 0.15) is 18.3 Å². The minimum absolute atomic E-state index is 0.0206. The summed E-state index contributed by atoms with van der Waals surface area (Å²) in [5.41, 5.74) is -1.32. The van der Waals surface area contributed by atoms with Gasteiger partial charge in [0.2, 0.25) is 0 Å². The predicted molar refractivity (Wildman–Crippen MR) is 112 cm³/mol. The van der Waals surface area contributed by atoms with E-state index in [-0.39, 0.29) is 5.56 Å². The number of rotatable bonds is 9. The molecule has 194 valence electrons. The maximum atomic E-state index is 12.3. The van der Waals surface area contributed by atoms with Crippen molar-refractivity contribution in [3.63, 3.8) is 0 Å². The molecule has 0 amide bonds. The van der Waals surface area contributed by atoms with Crippen molar-refractivity contribution in [1.82, 2.24) is 9.55 Å². The Morgan fingerprint density at radius 1 is 0.943 bits per heavy atom. The lowest BCUT2D eigenvalue weighted by Gasteiger charge is -2.19. The maximum absolute atomic E-state index is 12.3. The molecule has 1 aliphatic heterocycles. The summed E-state index contributed by atoms with van der Waals surface area (Å²) in [6.07, 6.45) is -5.78. The van der Waals surface area contributed by atoms with E-state index < -0.39 is 65.9 Å². The van der Waals surface area contributed by atoms with Gasteiger partial charge in [0, 0.05) is 6.20 Å². The van der Waals surface area contributed by atoms with Crippen LogP contribution < -0.4 is 11.2 Å². The van der Waals surface area contributed by atoms with E-state index in [0.717, 1.165) is 10.8 Å². The van der Waals surface area contributed by atoms with E-state index in [1.54, 1.807) is 30.3 Å². The molecule has 1 fully saturated rings. The van der Waals surface area contributed by atoms with E-state index >= 15 is 0 Å². The Balaban J connectivity index is 1.77. The predicted octanol–water partition coefficient (Wildman–Crippen LogP) is -0.834. The molecule has 0 saturated carbocycles. The Kier molecular flexibility index (Phi) is 8.16. The molecule has 7 N–H and O–H groups in total. The Bertz CT molecular complexity index is 1320. The van der Waals surface area contributed by atoms with Gasteiger partial charge in [0.25, 0.3) is 5.56 Å². The van der Waals surface area contributed by atoms with Gasteiger partial charge in [-0.1, -0.05) is 30.3 Å². The van der Waals surface area contributed by atoms with Crippen molar-refractivity contribution in [2.75, 3.05) is 6.61 Å². The Morgan fingerprint density at radius 2 is 1.57 bits per heavy atom. The molecule has 0 spiro atoms. The number of hydrogen-bond acceptors (Lipinski definition) is 11. The zero-order valence-corrected chi connectivity index (χ0v) is 19.8. The highest BCUT2D eigenvalue weighted by Crippen LogP contribution is 2.66. The number of hydrogen-bond donors (Lipinski definition) is 7. The van der Waals surface area contributed by atoms with E-state index in [1.807, 2.05) is 4.98 Å². The first-order valence-corrected chi connectivity index (χ1v) is 13.8. The molecule has 17 nitrogen and oxygen atoms in total. The third-order valence-corrected chi connectivity index (χ3v) is 8.28. The lowest BCUT2D eigenvalue weighted by Crippen LogP contribution is -2.38.